The van der Waals surface area contributed by atoms with Gasteiger partial charge in [0.15, 0.2) is 0 Å². The van der Waals surface area contributed by atoms with Crippen LogP contribution < -0.4 is 10.1 Å². The molecule has 154 valence electrons. The molecule has 2 atom stereocenters. The fourth-order valence-corrected chi connectivity index (χ4v) is 4.05. The van der Waals surface area contributed by atoms with Crippen molar-refractivity contribution in [1.82, 2.24) is 4.90 Å². The van der Waals surface area contributed by atoms with E-state index in [1.807, 2.05) is 18.2 Å². The average molecular weight is 390 g/mol. The second kappa shape index (κ2) is 9.89. The summed E-state index contributed by atoms with van der Waals surface area (Å²) in [6, 6.07) is 5.64. The number of rotatable bonds is 8. The molecule has 0 saturated heterocycles. The normalized spacial score (nSPS) is 21.6. The second-order valence-corrected chi connectivity index (χ2v) is 7.60. The van der Waals surface area contributed by atoms with Crippen LogP contribution in [0, 0.1) is 0 Å². The molecule has 1 aromatic rings. The molecule has 2 unspecified atom stereocenters. The molecule has 1 saturated carbocycles. The van der Waals surface area contributed by atoms with Gasteiger partial charge in [0.2, 0.25) is 11.8 Å². The lowest BCUT2D eigenvalue weighted by Crippen LogP contribution is -2.45. The number of aryl methyl sites for hydroxylation is 1. The zero-order chi connectivity index (χ0) is 19.9. The number of anilines is 1. The van der Waals surface area contributed by atoms with Crippen molar-refractivity contribution >= 4 is 17.5 Å². The predicted octanol–water partition coefficient (Wildman–Crippen LogP) is 1.85. The molecule has 3 rings (SSSR count). The number of fused-ring (bicyclic) bond motifs is 1. The van der Waals surface area contributed by atoms with Gasteiger partial charge in [-0.1, -0.05) is 0 Å². The first-order chi connectivity index (χ1) is 13.6. The van der Waals surface area contributed by atoms with Crippen molar-refractivity contribution < 1.29 is 24.5 Å². The van der Waals surface area contributed by atoms with Gasteiger partial charge in [-0.3, -0.25) is 9.59 Å². The number of carbonyl (C=O) groups is 2. The Balaban J connectivity index is 1.45. The maximum atomic E-state index is 12.6. The first kappa shape index (κ1) is 20.6. The number of amides is 2. The van der Waals surface area contributed by atoms with E-state index in [9.17, 15) is 19.8 Å². The van der Waals surface area contributed by atoms with E-state index in [-0.39, 0.29) is 30.6 Å². The van der Waals surface area contributed by atoms with Gasteiger partial charge in [-0.15, -0.1) is 0 Å². The Morgan fingerprint density at radius 2 is 2.14 bits per heavy atom. The highest BCUT2D eigenvalue weighted by atomic mass is 16.5. The number of nitrogens with zero attached hydrogens (tertiary/aromatic N) is 1. The quantitative estimate of drug-likeness (QED) is 0.589. The molecule has 0 spiro atoms. The smallest absolute Gasteiger partial charge is 0.224 e. The van der Waals surface area contributed by atoms with E-state index in [1.165, 1.54) is 0 Å². The minimum atomic E-state index is -0.357. The zero-order valence-electron chi connectivity index (χ0n) is 16.2. The first-order valence-electron chi connectivity index (χ1n) is 10.2. The van der Waals surface area contributed by atoms with Crippen molar-refractivity contribution in [2.45, 2.75) is 63.5 Å². The number of nitrogens with one attached hydrogen (secondary N) is 1. The lowest BCUT2D eigenvalue weighted by atomic mass is 9.91. The molecule has 2 aliphatic rings. The van der Waals surface area contributed by atoms with Crippen molar-refractivity contribution in [2.24, 2.45) is 0 Å². The summed E-state index contributed by atoms with van der Waals surface area (Å²) in [6.45, 7) is 0.672. The summed E-state index contributed by atoms with van der Waals surface area (Å²) in [6.07, 6.45) is 4.95. The summed E-state index contributed by atoms with van der Waals surface area (Å²) in [5.74, 6) is 0.785. The minimum absolute atomic E-state index is 0.00454. The molecule has 1 aromatic carbocycles. The van der Waals surface area contributed by atoms with Crippen LogP contribution in [0.1, 0.15) is 50.5 Å². The number of aliphatic hydroxyl groups is 2. The largest absolute Gasteiger partial charge is 0.494 e. The van der Waals surface area contributed by atoms with Gasteiger partial charge in [-0.25, -0.2) is 0 Å². The molecule has 2 amide bonds. The third kappa shape index (κ3) is 5.45. The highest BCUT2D eigenvalue weighted by Crippen LogP contribution is 2.27. The van der Waals surface area contributed by atoms with E-state index in [0.29, 0.717) is 45.3 Å². The summed E-state index contributed by atoms with van der Waals surface area (Å²) in [4.78, 5) is 25.7. The van der Waals surface area contributed by atoms with Crippen LogP contribution in [0.25, 0.3) is 0 Å². The molecule has 0 radical (unpaired) electrons. The van der Waals surface area contributed by atoms with Crippen molar-refractivity contribution in [3.63, 3.8) is 0 Å². The van der Waals surface area contributed by atoms with Crippen LogP contribution in [0.4, 0.5) is 5.69 Å². The van der Waals surface area contributed by atoms with E-state index < -0.39 is 0 Å². The fraction of sp³-hybridized carbons (Fsp3) is 0.619. The standard InChI is InChI=1S/C21H30N2O5/c24-11-10-23(16-3-1-4-17(25)14-16)21(27)5-2-12-28-18-7-8-19-15(13-18)6-9-20(26)22-19/h7-8,13,16-17,24-25H,1-6,9-12,14H2,(H,22,26). The molecule has 1 aliphatic carbocycles. The number of ether oxygens (including phenoxy) is 1. The van der Waals surface area contributed by atoms with Crippen molar-refractivity contribution in [3.05, 3.63) is 23.8 Å². The van der Waals surface area contributed by atoms with Gasteiger partial charge in [0.1, 0.15) is 5.75 Å². The van der Waals surface area contributed by atoms with Gasteiger partial charge >= 0.3 is 0 Å². The maximum absolute atomic E-state index is 12.6. The number of aliphatic hydroxyl groups excluding tert-OH is 2. The van der Waals surface area contributed by atoms with Crippen LogP contribution in [0.3, 0.4) is 0 Å². The Hall–Kier alpha value is -2.12. The van der Waals surface area contributed by atoms with Crippen LogP contribution in [0.15, 0.2) is 18.2 Å². The monoisotopic (exact) mass is 390 g/mol. The van der Waals surface area contributed by atoms with Gasteiger partial charge in [0, 0.05) is 31.1 Å². The molecule has 0 aromatic heterocycles. The number of carbonyl (C=O) groups excluding carboxylic acids is 2. The number of benzene rings is 1. The van der Waals surface area contributed by atoms with Gasteiger partial charge in [0.05, 0.1) is 19.3 Å². The first-order valence-corrected chi connectivity index (χ1v) is 10.2. The Labute approximate surface area is 165 Å². The van der Waals surface area contributed by atoms with Gasteiger partial charge < -0.3 is 25.2 Å². The highest BCUT2D eigenvalue weighted by molar-refractivity contribution is 5.94. The highest BCUT2D eigenvalue weighted by Gasteiger charge is 2.28. The fourth-order valence-electron chi connectivity index (χ4n) is 4.05. The molecule has 0 bridgehead atoms. The Morgan fingerprint density at radius 3 is 2.93 bits per heavy atom. The summed E-state index contributed by atoms with van der Waals surface area (Å²) >= 11 is 0. The third-order valence-electron chi connectivity index (χ3n) is 5.50. The summed E-state index contributed by atoms with van der Waals surface area (Å²) < 4.78 is 5.78. The van der Waals surface area contributed by atoms with Gasteiger partial charge in [-0.05, 0) is 62.3 Å². The molecule has 1 aliphatic heterocycles. The molecule has 1 fully saturated rings. The van der Waals surface area contributed by atoms with E-state index in [0.717, 1.165) is 36.3 Å². The zero-order valence-corrected chi connectivity index (χ0v) is 16.2. The Bertz CT molecular complexity index is 693. The SMILES string of the molecule is O=C1CCc2cc(OCCCC(=O)N(CCO)C3CCCC(O)C3)ccc2N1. The van der Waals surface area contributed by atoms with Crippen LogP contribution in [0.2, 0.25) is 0 Å². The van der Waals surface area contributed by atoms with E-state index in [2.05, 4.69) is 5.32 Å². The molecule has 3 N–H and O–H groups in total. The molecule has 7 nitrogen and oxygen atoms in total. The summed E-state index contributed by atoms with van der Waals surface area (Å²) in [5, 5.41) is 22.0. The van der Waals surface area contributed by atoms with Crippen LogP contribution in [0.5, 0.6) is 5.75 Å². The van der Waals surface area contributed by atoms with E-state index in [4.69, 9.17) is 4.74 Å². The van der Waals surface area contributed by atoms with Gasteiger partial charge in [0.25, 0.3) is 0 Å². The van der Waals surface area contributed by atoms with Crippen LogP contribution >= 0.6 is 0 Å². The lowest BCUT2D eigenvalue weighted by molar-refractivity contribution is -0.135. The summed E-state index contributed by atoms with van der Waals surface area (Å²) in [7, 11) is 0. The number of hydrogen-bond donors (Lipinski definition) is 3. The van der Waals surface area contributed by atoms with Crippen LogP contribution in [-0.4, -0.2) is 58.8 Å². The molecule has 7 heteroatoms. The Kier molecular flexibility index (Phi) is 7.28. The van der Waals surface area contributed by atoms with Crippen molar-refractivity contribution in [1.29, 1.82) is 0 Å². The molecule has 28 heavy (non-hydrogen) atoms. The second-order valence-electron chi connectivity index (χ2n) is 7.60. The van der Waals surface area contributed by atoms with Crippen LogP contribution in [-0.2, 0) is 16.0 Å². The summed E-state index contributed by atoms with van der Waals surface area (Å²) in [5.41, 5.74) is 1.91. The number of hydrogen-bond acceptors (Lipinski definition) is 5. The van der Waals surface area contributed by atoms with E-state index in [1.54, 1.807) is 4.90 Å². The predicted molar refractivity (Wildman–Crippen MR) is 105 cm³/mol. The van der Waals surface area contributed by atoms with Crippen molar-refractivity contribution in [2.75, 3.05) is 25.1 Å². The topological polar surface area (TPSA) is 99.1 Å². The lowest BCUT2D eigenvalue weighted by Gasteiger charge is -2.36. The maximum Gasteiger partial charge on any atom is 0.224 e. The van der Waals surface area contributed by atoms with Gasteiger partial charge in [-0.2, -0.15) is 0 Å². The molecule has 1 heterocycles. The third-order valence-corrected chi connectivity index (χ3v) is 5.50. The van der Waals surface area contributed by atoms with E-state index >= 15 is 0 Å². The average Bonchev–Trinajstić information content (AvgIpc) is 2.69. The molecular formula is C21H30N2O5. The van der Waals surface area contributed by atoms with Crippen molar-refractivity contribution in [3.8, 4) is 5.75 Å². The minimum Gasteiger partial charge on any atom is -0.494 e. The Morgan fingerprint density at radius 1 is 1.29 bits per heavy atom. The molecular weight excluding hydrogens is 360 g/mol.